The predicted octanol–water partition coefficient (Wildman–Crippen LogP) is 5.88. The van der Waals surface area contributed by atoms with Crippen molar-refractivity contribution in [2.45, 2.75) is 62.7 Å². The number of nitrogens with one attached hydrogen (secondary N) is 2. The summed E-state index contributed by atoms with van der Waals surface area (Å²) in [5.41, 5.74) is 3.63. The van der Waals surface area contributed by atoms with Gasteiger partial charge in [0.25, 0.3) is 5.91 Å². The molecule has 0 bridgehead atoms. The normalized spacial score (nSPS) is 24.5. The number of methoxy groups -OCH3 is 1. The quantitative estimate of drug-likeness (QED) is 0.248. The fourth-order valence-corrected chi connectivity index (χ4v) is 7.86. The number of nitrogens with zero attached hydrogens (tertiary/aromatic N) is 2. The molecule has 7 nitrogen and oxygen atoms in total. The van der Waals surface area contributed by atoms with Crippen LogP contribution in [-0.4, -0.2) is 71.3 Å². The summed E-state index contributed by atoms with van der Waals surface area (Å²) in [6, 6.07) is 11.9. The van der Waals surface area contributed by atoms with Crippen LogP contribution in [0.2, 0.25) is 16.6 Å². The Morgan fingerprint density at radius 1 is 1.24 bits per heavy atom. The molecule has 1 saturated carbocycles. The number of allylic oxidation sites excluding steroid dienone is 1. The summed E-state index contributed by atoms with van der Waals surface area (Å²) < 4.78 is 5.33. The Kier molecular flexibility index (Phi) is 9.98. The highest BCUT2D eigenvalue weighted by Gasteiger charge is 2.40. The third-order valence-electron chi connectivity index (χ3n) is 8.78. The molecule has 5 rings (SSSR count). The number of rotatable bonds is 11. The number of hydrogen-bond donors (Lipinski definition) is 2. The SMILES string of the molecule is C=CC(=O)Nc1c(Cl)ccc2ccc(C3=NC(C(=O)NC4CCC(C(C5C[Si]5)N(C)CCOC)CC4)=CC(C)C3)cc12. The smallest absolute Gasteiger partial charge is 0.269 e. The zero-order valence-corrected chi connectivity index (χ0v) is 26.5. The number of halogens is 1. The zero-order valence-electron chi connectivity index (χ0n) is 24.8. The molecule has 1 saturated heterocycles. The lowest BCUT2D eigenvalue weighted by Gasteiger charge is -2.39. The molecule has 3 aliphatic rings. The monoisotopic (exact) mass is 604 g/mol. The summed E-state index contributed by atoms with van der Waals surface area (Å²) in [7, 11) is 5.10. The highest BCUT2D eigenvalue weighted by Crippen LogP contribution is 2.43. The van der Waals surface area contributed by atoms with Gasteiger partial charge in [0.15, 0.2) is 0 Å². The van der Waals surface area contributed by atoms with Crippen LogP contribution in [0.1, 0.15) is 44.6 Å². The van der Waals surface area contributed by atoms with Crippen molar-refractivity contribution in [3.8, 4) is 0 Å². The minimum absolute atomic E-state index is 0.0947. The van der Waals surface area contributed by atoms with E-state index in [9.17, 15) is 9.59 Å². The van der Waals surface area contributed by atoms with Gasteiger partial charge in [-0.15, -0.1) is 0 Å². The van der Waals surface area contributed by atoms with E-state index in [1.165, 1.54) is 12.1 Å². The third-order valence-corrected chi connectivity index (χ3v) is 10.3. The number of benzene rings is 2. The second kappa shape index (κ2) is 13.7. The highest BCUT2D eigenvalue weighted by atomic mass is 35.5. The molecule has 42 heavy (non-hydrogen) atoms. The maximum Gasteiger partial charge on any atom is 0.269 e. The van der Waals surface area contributed by atoms with E-state index in [1.807, 2.05) is 30.3 Å². The Morgan fingerprint density at radius 3 is 2.67 bits per heavy atom. The van der Waals surface area contributed by atoms with Gasteiger partial charge in [0, 0.05) is 46.4 Å². The van der Waals surface area contributed by atoms with Gasteiger partial charge >= 0.3 is 0 Å². The van der Waals surface area contributed by atoms with E-state index in [0.717, 1.165) is 82.4 Å². The first-order valence-corrected chi connectivity index (χ1v) is 16.6. The van der Waals surface area contributed by atoms with E-state index < -0.39 is 0 Å². The minimum atomic E-state index is -0.323. The summed E-state index contributed by atoms with van der Waals surface area (Å²) in [4.78, 5) is 32.9. The number of ether oxygens (including phenoxy) is 1. The lowest BCUT2D eigenvalue weighted by molar-refractivity contribution is -0.118. The van der Waals surface area contributed by atoms with E-state index in [-0.39, 0.29) is 23.8 Å². The molecule has 1 aliphatic carbocycles. The Labute approximate surface area is 256 Å². The van der Waals surface area contributed by atoms with E-state index >= 15 is 0 Å². The Bertz CT molecular complexity index is 1400. The maximum absolute atomic E-state index is 13.4. The molecule has 2 aromatic carbocycles. The summed E-state index contributed by atoms with van der Waals surface area (Å²) in [5.74, 6) is 0.437. The average molecular weight is 605 g/mol. The van der Waals surface area contributed by atoms with Crippen LogP contribution >= 0.6 is 11.6 Å². The second-order valence-corrected chi connectivity index (χ2v) is 13.9. The van der Waals surface area contributed by atoms with Crippen LogP contribution in [0.25, 0.3) is 10.8 Å². The van der Waals surface area contributed by atoms with Gasteiger partial charge in [0.05, 0.1) is 17.3 Å². The first-order valence-electron chi connectivity index (χ1n) is 15.0. The average Bonchev–Trinajstić information content (AvgIpc) is 3.83. The molecule has 222 valence electrons. The number of carbonyl (C=O) groups excluding carboxylic acids is 2. The number of carbonyl (C=O) groups is 2. The third kappa shape index (κ3) is 7.22. The van der Waals surface area contributed by atoms with Gasteiger partial charge in [0.1, 0.15) is 5.70 Å². The van der Waals surface area contributed by atoms with Crippen LogP contribution in [0.4, 0.5) is 5.69 Å². The van der Waals surface area contributed by atoms with Crippen LogP contribution in [0.5, 0.6) is 0 Å². The van der Waals surface area contributed by atoms with Crippen LogP contribution in [0.15, 0.2) is 59.8 Å². The molecule has 2 fully saturated rings. The van der Waals surface area contributed by atoms with Crippen molar-refractivity contribution in [1.29, 1.82) is 0 Å². The molecule has 3 unspecified atom stereocenters. The number of hydrogen-bond acceptors (Lipinski definition) is 5. The number of amides is 2. The van der Waals surface area contributed by atoms with Gasteiger partial charge in [-0.25, -0.2) is 4.99 Å². The van der Waals surface area contributed by atoms with Crippen molar-refractivity contribution < 1.29 is 14.3 Å². The molecular weight excluding hydrogens is 564 g/mol. The van der Waals surface area contributed by atoms with Crippen molar-refractivity contribution in [2.75, 3.05) is 32.6 Å². The molecule has 2 aliphatic heterocycles. The molecule has 2 aromatic rings. The summed E-state index contributed by atoms with van der Waals surface area (Å²) in [6.45, 7) is 7.40. The van der Waals surface area contributed by atoms with Gasteiger partial charge in [-0.1, -0.05) is 49.3 Å². The lowest BCUT2D eigenvalue weighted by atomic mass is 9.80. The molecular formula is C33H41ClN4O3Si. The Hall–Kier alpha value is -2.78. The zero-order chi connectivity index (χ0) is 29.8. The number of likely N-dealkylation sites (N-methyl/N-ethyl adjacent to an activating group) is 1. The molecule has 2 N–H and O–H groups in total. The summed E-state index contributed by atoms with van der Waals surface area (Å²) >= 11 is 6.45. The summed E-state index contributed by atoms with van der Waals surface area (Å²) in [5, 5.41) is 8.36. The van der Waals surface area contributed by atoms with Gasteiger partial charge in [-0.2, -0.15) is 0 Å². The fourth-order valence-electron chi connectivity index (χ4n) is 6.50. The number of aliphatic imine (C=N–C) groups is 1. The van der Waals surface area contributed by atoms with Crippen molar-refractivity contribution in [3.05, 3.63) is 65.3 Å². The summed E-state index contributed by atoms with van der Waals surface area (Å²) in [6.07, 6.45) is 8.22. The topological polar surface area (TPSA) is 83.0 Å². The first kappa shape index (κ1) is 30.7. The van der Waals surface area contributed by atoms with Crippen LogP contribution in [-0.2, 0) is 14.3 Å². The molecule has 2 heterocycles. The van der Waals surface area contributed by atoms with Crippen LogP contribution in [0.3, 0.4) is 0 Å². The van der Waals surface area contributed by atoms with Crippen LogP contribution in [0, 0.1) is 11.8 Å². The highest BCUT2D eigenvalue weighted by molar-refractivity contribution is 6.51. The largest absolute Gasteiger partial charge is 0.383 e. The van der Waals surface area contributed by atoms with Crippen molar-refractivity contribution in [3.63, 3.8) is 0 Å². The van der Waals surface area contributed by atoms with Gasteiger partial charge < -0.3 is 20.3 Å². The van der Waals surface area contributed by atoms with Crippen molar-refractivity contribution in [1.82, 2.24) is 10.2 Å². The molecule has 3 atom stereocenters. The van der Waals surface area contributed by atoms with E-state index in [1.54, 1.807) is 13.2 Å². The Morgan fingerprint density at radius 2 is 1.98 bits per heavy atom. The lowest BCUT2D eigenvalue weighted by Crippen LogP contribution is -2.45. The van der Waals surface area contributed by atoms with Gasteiger partial charge in [-0.05, 0) is 91.8 Å². The fraction of sp³-hybridized carbons (Fsp3) is 0.485. The molecule has 0 aromatic heterocycles. The van der Waals surface area contributed by atoms with E-state index in [4.69, 9.17) is 21.3 Å². The number of anilines is 1. The van der Waals surface area contributed by atoms with Crippen molar-refractivity contribution in [2.24, 2.45) is 16.8 Å². The minimum Gasteiger partial charge on any atom is -0.383 e. The first-order chi connectivity index (χ1) is 20.3. The molecule has 2 amide bonds. The molecule has 9 heteroatoms. The Balaban J connectivity index is 1.27. The van der Waals surface area contributed by atoms with Gasteiger partial charge in [0.2, 0.25) is 5.91 Å². The van der Waals surface area contributed by atoms with Crippen LogP contribution < -0.4 is 10.6 Å². The molecule has 2 radical (unpaired) electrons. The van der Waals surface area contributed by atoms with Crippen molar-refractivity contribution >= 4 is 55.1 Å². The standard InChI is InChI=1S/C33H41ClN4O3Si/c1-5-30(39)37-31-25-18-23(7-6-21(25)10-13-26(31)34)27-16-20(2)17-28(36-27)33(40)35-24-11-8-22(9-12-24)32(29-19-42-29)38(3)14-15-41-4/h5-7,10,13,17-18,20,22,24,29,32H,1,8-9,11-12,14-16,19H2,2-4H3,(H,35,40)(H,37,39). The number of fused-ring (bicyclic) bond motifs is 1. The molecule has 0 spiro atoms. The second-order valence-electron chi connectivity index (χ2n) is 11.9. The van der Waals surface area contributed by atoms with E-state index in [0.29, 0.717) is 28.4 Å². The predicted molar refractivity (Wildman–Crippen MR) is 173 cm³/mol. The van der Waals surface area contributed by atoms with Gasteiger partial charge in [-0.3, -0.25) is 9.59 Å². The maximum atomic E-state index is 13.4. The van der Waals surface area contributed by atoms with E-state index in [2.05, 4.69) is 36.1 Å².